The van der Waals surface area contributed by atoms with Crippen LogP contribution in [-0.2, 0) is 6.42 Å². The van der Waals surface area contributed by atoms with Crippen LogP contribution in [0.15, 0.2) is 60.2 Å². The highest BCUT2D eigenvalue weighted by Crippen LogP contribution is 2.49. The minimum Gasteiger partial charge on any atom is -0.491 e. The lowest BCUT2D eigenvalue weighted by Gasteiger charge is -2.42. The molecule has 5 unspecified atom stereocenters. The molecule has 5 atom stereocenters. The number of aryl methyl sites for hydroxylation is 1. The van der Waals surface area contributed by atoms with Gasteiger partial charge in [-0.15, -0.1) is 0 Å². The van der Waals surface area contributed by atoms with Gasteiger partial charge in [0.15, 0.2) is 11.5 Å². The second-order valence-electron chi connectivity index (χ2n) is 11.6. The maximum atomic E-state index is 14.3. The number of fused-ring (bicyclic) bond motifs is 1. The van der Waals surface area contributed by atoms with Crippen molar-refractivity contribution in [2.75, 3.05) is 13.2 Å². The summed E-state index contributed by atoms with van der Waals surface area (Å²) in [5, 5.41) is 0. The van der Waals surface area contributed by atoms with E-state index in [-0.39, 0.29) is 30.6 Å². The van der Waals surface area contributed by atoms with Gasteiger partial charge in [0.2, 0.25) is 11.6 Å². The van der Waals surface area contributed by atoms with E-state index >= 15 is 0 Å². The van der Waals surface area contributed by atoms with Crippen molar-refractivity contribution in [2.45, 2.75) is 85.0 Å². The first-order valence-corrected chi connectivity index (χ1v) is 15.1. The van der Waals surface area contributed by atoms with Crippen molar-refractivity contribution in [3.8, 4) is 11.5 Å². The summed E-state index contributed by atoms with van der Waals surface area (Å²) in [6.45, 7) is 8.71. The Kier molecular flexibility index (Phi) is 10.6. The fourth-order valence-corrected chi connectivity index (χ4v) is 6.65. The van der Waals surface area contributed by atoms with Gasteiger partial charge in [-0.05, 0) is 111 Å². The average molecular weight is 537 g/mol. The van der Waals surface area contributed by atoms with Gasteiger partial charge < -0.3 is 9.47 Å². The van der Waals surface area contributed by atoms with Crippen molar-refractivity contribution in [3.05, 3.63) is 83.0 Å². The largest absolute Gasteiger partial charge is 0.491 e. The lowest BCUT2D eigenvalue weighted by molar-refractivity contribution is 0.131. The summed E-state index contributed by atoms with van der Waals surface area (Å²) in [6.07, 6.45) is 16.8. The molecule has 2 nitrogen and oxygen atoms in total. The minimum atomic E-state index is -0.997. The molecule has 4 rings (SSSR count). The van der Waals surface area contributed by atoms with E-state index in [2.05, 4.69) is 56.3 Å². The van der Waals surface area contributed by atoms with Crippen LogP contribution in [0.25, 0.3) is 0 Å². The molecule has 0 heterocycles. The van der Waals surface area contributed by atoms with E-state index in [1.807, 2.05) is 6.92 Å². The second kappa shape index (κ2) is 14.1. The molecule has 0 saturated heterocycles. The molecule has 2 aromatic rings. The molecule has 39 heavy (non-hydrogen) atoms. The zero-order valence-corrected chi connectivity index (χ0v) is 24.2. The fourth-order valence-electron chi connectivity index (χ4n) is 6.65. The van der Waals surface area contributed by atoms with Crippen molar-refractivity contribution < 1.29 is 18.3 Å². The van der Waals surface area contributed by atoms with Crippen LogP contribution >= 0.6 is 0 Å². The predicted octanol–water partition coefficient (Wildman–Crippen LogP) is 9.83. The first-order valence-electron chi connectivity index (χ1n) is 15.1. The van der Waals surface area contributed by atoms with E-state index in [1.165, 1.54) is 80.2 Å². The third-order valence-electron chi connectivity index (χ3n) is 8.84. The molecule has 2 aromatic carbocycles. The van der Waals surface area contributed by atoms with Crippen LogP contribution in [0.5, 0.6) is 11.5 Å². The summed E-state index contributed by atoms with van der Waals surface area (Å²) >= 11 is 0. The third-order valence-corrected chi connectivity index (χ3v) is 8.84. The van der Waals surface area contributed by atoms with Crippen LogP contribution < -0.4 is 9.47 Å². The van der Waals surface area contributed by atoms with Crippen molar-refractivity contribution in [1.29, 1.82) is 0 Å². The Morgan fingerprint density at radius 2 is 1.56 bits per heavy atom. The normalized spacial score (nSPS) is 24.4. The Hall–Kier alpha value is -2.62. The minimum absolute atomic E-state index is 0.0736. The lowest BCUT2D eigenvalue weighted by Crippen LogP contribution is -2.31. The van der Waals surface area contributed by atoms with E-state index in [0.29, 0.717) is 11.8 Å². The molecule has 0 N–H and O–H groups in total. The molecule has 2 saturated carbocycles. The molecule has 0 amide bonds. The van der Waals surface area contributed by atoms with Crippen LogP contribution in [-0.4, -0.2) is 13.2 Å². The number of hydrogen-bond acceptors (Lipinski definition) is 2. The molecule has 2 fully saturated rings. The predicted molar refractivity (Wildman–Crippen MR) is 156 cm³/mol. The Morgan fingerprint density at radius 3 is 2.23 bits per heavy atom. The molecular formula is C35H46F2O2. The highest BCUT2D eigenvalue weighted by atomic mass is 19.2. The first-order chi connectivity index (χ1) is 18.9. The molecular weight excluding hydrogens is 490 g/mol. The highest BCUT2D eigenvalue weighted by Gasteiger charge is 2.36. The standard InChI is InChI=1S/C35H46F2O2/c1-5-8-25-10-13-27(14-11-25)29-16-18-30-21-28(15-17-31(30)22-29)26(6-2)12-9-24(4)23-39-33-20-19-32(38-7-3)34(36)35(33)37/h6,9-14,19-20,24,28-31H,5,7-8,15-18,21-23H2,1-4H3/b12-9-,26-6+. The highest BCUT2D eigenvalue weighted by molar-refractivity contribution is 5.35. The Bertz CT molecular complexity index is 1120. The van der Waals surface area contributed by atoms with Crippen LogP contribution in [0.3, 0.4) is 0 Å². The lowest BCUT2D eigenvalue weighted by atomic mass is 9.63. The average Bonchev–Trinajstić information content (AvgIpc) is 2.96. The van der Waals surface area contributed by atoms with Crippen molar-refractivity contribution in [3.63, 3.8) is 0 Å². The van der Waals surface area contributed by atoms with E-state index in [9.17, 15) is 8.78 Å². The SMILES string of the molecule is C/C=C(\C=C/C(C)COc1ccc(OCC)c(F)c1F)C1CCC2CC(c3ccc(CCC)cc3)CCC2C1. The second-order valence-corrected chi connectivity index (χ2v) is 11.6. The molecule has 0 radical (unpaired) electrons. The van der Waals surface area contributed by atoms with Crippen LogP contribution in [0.1, 0.15) is 89.7 Å². The quantitative estimate of drug-likeness (QED) is 0.266. The van der Waals surface area contributed by atoms with Gasteiger partial charge >= 0.3 is 0 Å². The van der Waals surface area contributed by atoms with Gasteiger partial charge in [-0.25, -0.2) is 0 Å². The Labute approximate surface area is 234 Å². The van der Waals surface area contributed by atoms with Gasteiger partial charge in [-0.2, -0.15) is 8.78 Å². The Balaban J connectivity index is 1.27. The van der Waals surface area contributed by atoms with E-state index in [0.717, 1.165) is 11.8 Å². The first kappa shape index (κ1) is 29.4. The maximum absolute atomic E-state index is 14.3. The van der Waals surface area contributed by atoms with Crippen LogP contribution in [0.4, 0.5) is 8.78 Å². The molecule has 2 aliphatic rings. The summed E-state index contributed by atoms with van der Waals surface area (Å²) < 4.78 is 39.2. The summed E-state index contributed by atoms with van der Waals surface area (Å²) in [5.41, 5.74) is 4.39. The van der Waals surface area contributed by atoms with Crippen LogP contribution in [0.2, 0.25) is 0 Å². The van der Waals surface area contributed by atoms with Gasteiger partial charge in [0, 0.05) is 5.92 Å². The van der Waals surface area contributed by atoms with Gasteiger partial charge in [0.05, 0.1) is 13.2 Å². The van der Waals surface area contributed by atoms with Gasteiger partial charge in [-0.3, -0.25) is 0 Å². The smallest absolute Gasteiger partial charge is 0.204 e. The topological polar surface area (TPSA) is 18.5 Å². The number of hydrogen-bond donors (Lipinski definition) is 0. The Morgan fingerprint density at radius 1 is 0.897 bits per heavy atom. The van der Waals surface area contributed by atoms with Crippen LogP contribution in [0, 0.1) is 35.3 Å². The summed E-state index contributed by atoms with van der Waals surface area (Å²) in [7, 11) is 0. The number of ether oxygens (including phenoxy) is 2. The van der Waals surface area contributed by atoms with Crippen molar-refractivity contribution in [2.24, 2.45) is 23.7 Å². The summed E-state index contributed by atoms with van der Waals surface area (Å²) in [4.78, 5) is 0. The third kappa shape index (κ3) is 7.52. The van der Waals surface area contributed by atoms with E-state index in [1.54, 1.807) is 6.92 Å². The van der Waals surface area contributed by atoms with Gasteiger partial charge in [0.25, 0.3) is 0 Å². The molecule has 212 valence electrons. The van der Waals surface area contributed by atoms with E-state index < -0.39 is 11.6 Å². The molecule has 0 bridgehead atoms. The van der Waals surface area contributed by atoms with Gasteiger partial charge in [-0.1, -0.05) is 62.8 Å². The van der Waals surface area contributed by atoms with Gasteiger partial charge in [0.1, 0.15) is 0 Å². The molecule has 4 heteroatoms. The number of benzene rings is 2. The number of allylic oxidation sites excluding steroid dienone is 3. The zero-order chi connectivity index (χ0) is 27.8. The van der Waals surface area contributed by atoms with E-state index in [4.69, 9.17) is 9.47 Å². The maximum Gasteiger partial charge on any atom is 0.204 e. The van der Waals surface area contributed by atoms with Crippen molar-refractivity contribution >= 4 is 0 Å². The van der Waals surface area contributed by atoms with Crippen molar-refractivity contribution in [1.82, 2.24) is 0 Å². The number of halogens is 2. The fraction of sp³-hybridized carbons (Fsp3) is 0.543. The molecule has 0 aromatic heterocycles. The summed E-state index contributed by atoms with van der Waals surface area (Å²) in [6, 6.07) is 12.3. The molecule has 0 spiro atoms. The monoisotopic (exact) mass is 536 g/mol. The zero-order valence-electron chi connectivity index (χ0n) is 24.2. The summed E-state index contributed by atoms with van der Waals surface area (Å²) in [5.74, 6) is 0.900. The number of rotatable bonds is 11. The molecule has 0 aliphatic heterocycles. The molecule has 2 aliphatic carbocycles.